The van der Waals surface area contributed by atoms with Crippen molar-refractivity contribution in [3.63, 3.8) is 0 Å². The lowest BCUT2D eigenvalue weighted by molar-refractivity contribution is -0.114. The number of amides is 1. The normalized spacial score (nSPS) is 17.2. The Hall–Kier alpha value is -1.65. The molecule has 0 radical (unpaired) electrons. The summed E-state index contributed by atoms with van der Waals surface area (Å²) in [5.74, 6) is -0.0342. The van der Waals surface area contributed by atoms with E-state index in [1.54, 1.807) is 0 Å². The molecule has 2 rings (SSSR count). The lowest BCUT2D eigenvalue weighted by Crippen LogP contribution is -2.45. The summed E-state index contributed by atoms with van der Waals surface area (Å²) in [5, 5.41) is 6.21. The summed E-state index contributed by atoms with van der Waals surface area (Å²) in [7, 11) is 0. The van der Waals surface area contributed by atoms with Crippen LogP contribution in [0.25, 0.3) is 0 Å². The zero-order valence-corrected chi connectivity index (χ0v) is 12.8. The van der Waals surface area contributed by atoms with Gasteiger partial charge in [-0.3, -0.25) is 9.69 Å². The van der Waals surface area contributed by atoms with Crippen molar-refractivity contribution >= 4 is 11.6 Å². The molecular formula is C17H25N3O. The minimum Gasteiger partial charge on any atom is -0.326 e. The van der Waals surface area contributed by atoms with Crippen molar-refractivity contribution in [2.45, 2.75) is 25.8 Å². The van der Waals surface area contributed by atoms with Crippen molar-refractivity contribution in [1.29, 1.82) is 0 Å². The van der Waals surface area contributed by atoms with Crippen LogP contribution in [0.1, 0.15) is 31.4 Å². The van der Waals surface area contributed by atoms with Crippen molar-refractivity contribution in [3.05, 3.63) is 42.5 Å². The zero-order valence-electron chi connectivity index (χ0n) is 12.8. The lowest BCUT2D eigenvalue weighted by Gasteiger charge is -2.35. The van der Waals surface area contributed by atoms with Crippen LogP contribution in [0.3, 0.4) is 0 Å². The van der Waals surface area contributed by atoms with E-state index in [-0.39, 0.29) is 5.91 Å². The van der Waals surface area contributed by atoms with Crippen LogP contribution < -0.4 is 10.6 Å². The first-order valence-corrected chi connectivity index (χ1v) is 7.64. The molecule has 0 spiro atoms. The van der Waals surface area contributed by atoms with Crippen molar-refractivity contribution in [2.75, 3.05) is 31.5 Å². The summed E-state index contributed by atoms with van der Waals surface area (Å²) in [4.78, 5) is 13.6. The second-order valence-corrected chi connectivity index (χ2v) is 5.47. The summed E-state index contributed by atoms with van der Waals surface area (Å²) >= 11 is 0. The molecule has 114 valence electrons. The monoisotopic (exact) mass is 287 g/mol. The molecule has 1 aromatic rings. The molecule has 2 N–H and O–H groups in total. The Morgan fingerprint density at radius 3 is 2.62 bits per heavy atom. The molecular weight excluding hydrogens is 262 g/mol. The first kappa shape index (κ1) is 15.7. The summed E-state index contributed by atoms with van der Waals surface area (Å²) in [5.41, 5.74) is 2.17. The summed E-state index contributed by atoms with van der Waals surface area (Å²) in [6.45, 7) is 9.63. The first-order chi connectivity index (χ1) is 10.2. The van der Waals surface area contributed by atoms with Crippen molar-refractivity contribution < 1.29 is 4.79 Å². The molecule has 1 aliphatic heterocycles. The number of benzene rings is 1. The Morgan fingerprint density at radius 2 is 2.05 bits per heavy atom. The van der Waals surface area contributed by atoms with Crippen LogP contribution in [-0.2, 0) is 4.79 Å². The third-order valence-corrected chi connectivity index (χ3v) is 3.85. The van der Waals surface area contributed by atoms with E-state index in [9.17, 15) is 4.79 Å². The van der Waals surface area contributed by atoms with Crippen LogP contribution in [-0.4, -0.2) is 37.0 Å². The summed E-state index contributed by atoms with van der Waals surface area (Å²) in [6, 6.07) is 8.65. The number of piperazine rings is 1. The maximum absolute atomic E-state index is 11.1. The highest BCUT2D eigenvalue weighted by Crippen LogP contribution is 2.27. The van der Waals surface area contributed by atoms with E-state index in [1.807, 2.05) is 18.2 Å². The van der Waals surface area contributed by atoms with Gasteiger partial charge in [0.1, 0.15) is 0 Å². The summed E-state index contributed by atoms with van der Waals surface area (Å²) < 4.78 is 0. The molecule has 1 fully saturated rings. The number of carbonyl (C=O) groups excluding carboxylic acids is 1. The maximum atomic E-state index is 11.1. The molecule has 1 atom stereocenters. The Balaban J connectivity index is 2.11. The molecule has 1 aliphatic rings. The van der Waals surface area contributed by atoms with Gasteiger partial charge in [-0.15, -0.1) is 6.58 Å². The van der Waals surface area contributed by atoms with E-state index in [1.165, 1.54) is 12.5 Å². The van der Waals surface area contributed by atoms with Gasteiger partial charge in [0.25, 0.3) is 0 Å². The van der Waals surface area contributed by atoms with Gasteiger partial charge in [0, 0.05) is 44.8 Å². The molecule has 0 aromatic heterocycles. The van der Waals surface area contributed by atoms with Crippen molar-refractivity contribution in [2.24, 2.45) is 0 Å². The fourth-order valence-corrected chi connectivity index (χ4v) is 2.82. The Labute approximate surface area is 127 Å². The first-order valence-electron chi connectivity index (χ1n) is 7.64. The molecule has 1 heterocycles. The van der Waals surface area contributed by atoms with Crippen LogP contribution in [0.4, 0.5) is 5.69 Å². The average molecular weight is 287 g/mol. The fourth-order valence-electron chi connectivity index (χ4n) is 2.82. The van der Waals surface area contributed by atoms with E-state index in [0.717, 1.165) is 44.7 Å². The van der Waals surface area contributed by atoms with Crippen molar-refractivity contribution in [1.82, 2.24) is 10.2 Å². The quantitative estimate of drug-likeness (QED) is 0.790. The van der Waals surface area contributed by atoms with E-state index in [0.29, 0.717) is 6.04 Å². The molecule has 21 heavy (non-hydrogen) atoms. The smallest absolute Gasteiger partial charge is 0.221 e. The Bertz CT molecular complexity index is 463. The van der Waals surface area contributed by atoms with Gasteiger partial charge in [0.15, 0.2) is 0 Å². The highest BCUT2D eigenvalue weighted by molar-refractivity contribution is 5.88. The Kier molecular flexibility index (Phi) is 5.96. The van der Waals surface area contributed by atoms with Crippen LogP contribution in [0, 0.1) is 0 Å². The van der Waals surface area contributed by atoms with Gasteiger partial charge in [-0.25, -0.2) is 0 Å². The number of anilines is 1. The topological polar surface area (TPSA) is 44.4 Å². The molecule has 4 nitrogen and oxygen atoms in total. The van der Waals surface area contributed by atoms with Gasteiger partial charge >= 0.3 is 0 Å². The van der Waals surface area contributed by atoms with Gasteiger partial charge in [0.2, 0.25) is 5.91 Å². The third-order valence-electron chi connectivity index (χ3n) is 3.85. The number of nitrogens with zero attached hydrogens (tertiary/aromatic N) is 1. The maximum Gasteiger partial charge on any atom is 0.221 e. The number of allylic oxidation sites excluding steroid dienone is 1. The lowest BCUT2D eigenvalue weighted by atomic mass is 9.99. The zero-order chi connectivity index (χ0) is 15.1. The number of nitrogens with one attached hydrogen (secondary N) is 2. The molecule has 0 aliphatic carbocycles. The second-order valence-electron chi connectivity index (χ2n) is 5.47. The number of rotatable bonds is 6. The van der Waals surface area contributed by atoms with Crippen molar-refractivity contribution in [3.8, 4) is 0 Å². The van der Waals surface area contributed by atoms with E-state index in [2.05, 4.69) is 34.2 Å². The molecule has 0 bridgehead atoms. The van der Waals surface area contributed by atoms with Gasteiger partial charge < -0.3 is 10.6 Å². The van der Waals surface area contributed by atoms with E-state index < -0.39 is 0 Å². The molecule has 1 saturated heterocycles. The van der Waals surface area contributed by atoms with Crippen LogP contribution in [0.5, 0.6) is 0 Å². The van der Waals surface area contributed by atoms with Crippen LogP contribution in [0.2, 0.25) is 0 Å². The minimum atomic E-state index is -0.0342. The molecule has 0 saturated carbocycles. The average Bonchev–Trinajstić information content (AvgIpc) is 2.50. The van der Waals surface area contributed by atoms with E-state index >= 15 is 0 Å². The standard InChI is InChI=1S/C17H25N3O/c1-3-4-5-17(20-12-10-18-11-13-20)15-6-8-16(9-7-15)19-14(2)21/h3,6-9,17-18H,1,4-5,10-13H2,2H3,(H,19,21)/t17-/m1/s1. The molecule has 1 amide bonds. The molecule has 0 unspecified atom stereocenters. The third kappa shape index (κ3) is 4.69. The van der Waals surface area contributed by atoms with Gasteiger partial charge in [0.05, 0.1) is 0 Å². The molecule has 1 aromatic carbocycles. The van der Waals surface area contributed by atoms with Gasteiger partial charge in [-0.05, 0) is 30.5 Å². The number of carbonyl (C=O) groups is 1. The highest BCUT2D eigenvalue weighted by Gasteiger charge is 2.21. The number of hydrogen-bond acceptors (Lipinski definition) is 3. The fraction of sp³-hybridized carbons (Fsp3) is 0.471. The van der Waals surface area contributed by atoms with Crippen LogP contribution >= 0.6 is 0 Å². The van der Waals surface area contributed by atoms with Gasteiger partial charge in [-0.2, -0.15) is 0 Å². The number of hydrogen-bond donors (Lipinski definition) is 2. The molecule has 4 heteroatoms. The predicted molar refractivity (Wildman–Crippen MR) is 87.4 cm³/mol. The SMILES string of the molecule is C=CCC[C@H](c1ccc(NC(C)=O)cc1)N1CCNCC1. The summed E-state index contributed by atoms with van der Waals surface area (Å²) in [6.07, 6.45) is 4.09. The largest absolute Gasteiger partial charge is 0.326 e. The highest BCUT2D eigenvalue weighted by atomic mass is 16.1. The van der Waals surface area contributed by atoms with E-state index in [4.69, 9.17) is 0 Å². The second kappa shape index (κ2) is 7.96. The Morgan fingerprint density at radius 1 is 1.38 bits per heavy atom. The minimum absolute atomic E-state index is 0.0342. The van der Waals surface area contributed by atoms with Crippen LogP contribution in [0.15, 0.2) is 36.9 Å². The predicted octanol–water partition coefficient (Wildman–Crippen LogP) is 2.56. The van der Waals surface area contributed by atoms with Gasteiger partial charge in [-0.1, -0.05) is 18.2 Å².